The monoisotopic (exact) mass is 445 g/mol. The van der Waals surface area contributed by atoms with Gasteiger partial charge >= 0.3 is 0 Å². The normalized spacial score (nSPS) is 18.8. The lowest BCUT2D eigenvalue weighted by molar-refractivity contribution is -0.367. The Morgan fingerprint density at radius 2 is 2.07 bits per heavy atom. The fourth-order valence-electron chi connectivity index (χ4n) is 3.87. The largest absolute Gasteiger partial charge is 0.396 e. The average Bonchev–Trinajstić information content (AvgIpc) is 3.50. The van der Waals surface area contributed by atoms with E-state index in [-0.39, 0.29) is 5.25 Å². The van der Waals surface area contributed by atoms with Gasteiger partial charge in [0.1, 0.15) is 14.7 Å². The molecule has 7 nitrogen and oxygen atoms in total. The van der Waals surface area contributed by atoms with E-state index in [1.165, 1.54) is 22.7 Å². The van der Waals surface area contributed by atoms with Gasteiger partial charge in [0.15, 0.2) is 23.1 Å². The van der Waals surface area contributed by atoms with Crippen molar-refractivity contribution in [2.45, 2.75) is 42.1 Å². The van der Waals surface area contributed by atoms with Gasteiger partial charge in [-0.05, 0) is 12.8 Å². The van der Waals surface area contributed by atoms with Crippen molar-refractivity contribution in [3.8, 4) is 10.8 Å². The number of rotatable bonds is 4. The second-order valence-corrected chi connectivity index (χ2v) is 11.1. The second kappa shape index (κ2) is 7.33. The van der Waals surface area contributed by atoms with Crippen LogP contribution in [0, 0.1) is 0 Å². The van der Waals surface area contributed by atoms with Crippen LogP contribution in [0.3, 0.4) is 0 Å². The van der Waals surface area contributed by atoms with Gasteiger partial charge in [-0.25, -0.2) is 19.5 Å². The van der Waals surface area contributed by atoms with Gasteiger partial charge in [0.2, 0.25) is 0 Å². The number of thiazole rings is 1. The van der Waals surface area contributed by atoms with E-state index in [0.717, 1.165) is 62.4 Å². The lowest BCUT2D eigenvalue weighted by Gasteiger charge is -2.08. The summed E-state index contributed by atoms with van der Waals surface area (Å²) in [6, 6.07) is 0. The Labute approximate surface area is 178 Å². The number of thiophene rings is 1. The highest BCUT2D eigenvalue weighted by molar-refractivity contribution is 7.88. The molecular formula is C19H21N6OS3+. The number of hydrogen-bond acceptors (Lipinski definition) is 8. The second-order valence-electron chi connectivity index (χ2n) is 7.29. The van der Waals surface area contributed by atoms with Crippen molar-refractivity contribution in [3.05, 3.63) is 17.3 Å². The minimum atomic E-state index is -1.11. The minimum Gasteiger partial charge on any atom is -0.396 e. The molecule has 29 heavy (non-hydrogen) atoms. The topological polar surface area (TPSA) is 97.1 Å². The summed E-state index contributed by atoms with van der Waals surface area (Å²) in [7, 11) is 0.874. The Balaban J connectivity index is 1.74. The number of amidine groups is 1. The molecule has 1 aliphatic carbocycles. The highest BCUT2D eigenvalue weighted by atomic mass is 32.2. The van der Waals surface area contributed by atoms with Crippen molar-refractivity contribution in [1.82, 2.24) is 15.0 Å². The van der Waals surface area contributed by atoms with E-state index >= 15 is 0 Å². The molecule has 1 atom stereocenters. The molecule has 150 valence electrons. The predicted molar refractivity (Wildman–Crippen MR) is 120 cm³/mol. The molecule has 5 rings (SSSR count). The van der Waals surface area contributed by atoms with Crippen LogP contribution in [0.25, 0.3) is 21.0 Å². The van der Waals surface area contributed by atoms with Gasteiger partial charge in [0.05, 0.1) is 28.9 Å². The van der Waals surface area contributed by atoms with Crippen LogP contribution < -0.4 is 5.73 Å². The molecule has 3 aromatic rings. The van der Waals surface area contributed by atoms with Crippen molar-refractivity contribution in [1.29, 1.82) is 0 Å². The molecule has 2 aliphatic rings. The molecule has 0 amide bonds. The van der Waals surface area contributed by atoms with Gasteiger partial charge in [-0.1, -0.05) is 17.8 Å². The Morgan fingerprint density at radius 1 is 1.28 bits per heavy atom. The smallest absolute Gasteiger partial charge is 0.289 e. The average molecular weight is 446 g/mol. The number of nitrogens with two attached hydrogens (primary N) is 1. The van der Waals surface area contributed by atoms with Crippen LogP contribution in [-0.4, -0.2) is 54.1 Å². The highest BCUT2D eigenvalue weighted by Crippen LogP contribution is 2.41. The van der Waals surface area contributed by atoms with Crippen LogP contribution in [0.15, 0.2) is 20.8 Å². The zero-order valence-corrected chi connectivity index (χ0v) is 18.7. The Bertz CT molecular complexity index is 1190. The van der Waals surface area contributed by atoms with Crippen molar-refractivity contribution in [2.24, 2.45) is 4.99 Å². The van der Waals surface area contributed by atoms with Gasteiger partial charge in [0, 0.05) is 23.8 Å². The molecule has 0 spiro atoms. The maximum absolute atomic E-state index is 13.2. The molecule has 0 saturated heterocycles. The molecule has 1 unspecified atom stereocenters. The molecule has 1 saturated carbocycles. The van der Waals surface area contributed by atoms with Crippen LogP contribution in [0.4, 0.5) is 5.69 Å². The molecule has 2 N–H and O–H groups in total. The summed E-state index contributed by atoms with van der Waals surface area (Å²) in [4.78, 5) is 19.3. The van der Waals surface area contributed by atoms with E-state index in [0.29, 0.717) is 18.1 Å². The summed E-state index contributed by atoms with van der Waals surface area (Å²) in [5.41, 5.74) is 8.89. The van der Waals surface area contributed by atoms with Crippen LogP contribution in [-0.2, 0) is 10.8 Å². The highest BCUT2D eigenvalue weighted by Gasteiger charge is 2.32. The molecule has 0 bridgehead atoms. The molecule has 3 aromatic heterocycles. The predicted octanol–water partition coefficient (Wildman–Crippen LogP) is 3.31. The van der Waals surface area contributed by atoms with E-state index in [4.69, 9.17) is 15.7 Å². The third-order valence-corrected chi connectivity index (χ3v) is 9.66. The van der Waals surface area contributed by atoms with Crippen LogP contribution in [0.1, 0.15) is 38.3 Å². The molecule has 1 fully saturated rings. The van der Waals surface area contributed by atoms with E-state index in [9.17, 15) is 4.21 Å². The van der Waals surface area contributed by atoms with E-state index in [1.807, 2.05) is 23.9 Å². The molecule has 10 heteroatoms. The van der Waals surface area contributed by atoms with Gasteiger partial charge in [-0.3, -0.25) is 4.21 Å². The van der Waals surface area contributed by atoms with Crippen molar-refractivity contribution >= 4 is 60.9 Å². The van der Waals surface area contributed by atoms with E-state index in [1.54, 1.807) is 6.20 Å². The standard InChI is InChI=1S/C19H21N6OS3/c1-10-22-9-12(25(10)2)15-13-14(20)19(29(26)11-5-3-4-6-11)28-17(13)24-16(23-15)18-21-7-8-27-18/h7-8,11H,3-6,9,20H2,1-2H3/q+1. The first-order chi connectivity index (χ1) is 14.0. The maximum Gasteiger partial charge on any atom is 0.289 e. The summed E-state index contributed by atoms with van der Waals surface area (Å²) >= 11 is 2.94. The van der Waals surface area contributed by atoms with Crippen molar-refractivity contribution in [3.63, 3.8) is 0 Å². The van der Waals surface area contributed by atoms with Crippen molar-refractivity contribution in [2.75, 3.05) is 19.3 Å². The summed E-state index contributed by atoms with van der Waals surface area (Å²) in [6.45, 7) is 2.52. The first kappa shape index (κ1) is 19.0. The van der Waals surface area contributed by atoms with Crippen LogP contribution in [0.2, 0.25) is 0 Å². The first-order valence-corrected chi connectivity index (χ1v) is 12.5. The number of nitrogen functional groups attached to an aromatic ring is 1. The SMILES string of the molecule is CC1=NCC(c2nc(-c3nccs3)nc3sc(S(=O)C4CCCC4)c(N)c23)=[N+]1C. The number of anilines is 1. The fourth-order valence-corrected chi connectivity index (χ4v) is 7.63. The quantitative estimate of drug-likeness (QED) is 0.622. The Kier molecular flexibility index (Phi) is 4.79. The number of hydrogen-bond donors (Lipinski definition) is 1. The maximum atomic E-state index is 13.2. The molecule has 1 aliphatic heterocycles. The van der Waals surface area contributed by atoms with Gasteiger partial charge < -0.3 is 5.73 Å². The van der Waals surface area contributed by atoms with Gasteiger partial charge in [-0.15, -0.1) is 22.7 Å². The van der Waals surface area contributed by atoms with Gasteiger partial charge in [-0.2, -0.15) is 0 Å². The third kappa shape index (κ3) is 3.13. The zero-order valence-electron chi connectivity index (χ0n) is 16.2. The van der Waals surface area contributed by atoms with E-state index in [2.05, 4.69) is 9.98 Å². The zero-order chi connectivity index (χ0) is 20.1. The first-order valence-electron chi connectivity index (χ1n) is 9.56. The lowest BCUT2D eigenvalue weighted by atomic mass is 10.1. The fraction of sp³-hybridized carbons (Fsp3) is 0.421. The van der Waals surface area contributed by atoms with Crippen LogP contribution >= 0.6 is 22.7 Å². The number of aromatic nitrogens is 3. The molecular weight excluding hydrogens is 424 g/mol. The summed E-state index contributed by atoms with van der Waals surface area (Å²) in [5, 5.41) is 3.65. The number of fused-ring (bicyclic) bond motifs is 1. The number of nitrogens with zero attached hydrogens (tertiary/aromatic N) is 5. The summed E-state index contributed by atoms with van der Waals surface area (Å²) < 4.78 is 16.0. The third-order valence-electron chi connectivity index (χ3n) is 5.59. The van der Waals surface area contributed by atoms with Crippen LogP contribution in [0.5, 0.6) is 0 Å². The summed E-state index contributed by atoms with van der Waals surface area (Å²) in [5.74, 6) is 1.51. The minimum absolute atomic E-state index is 0.188. The van der Waals surface area contributed by atoms with E-state index < -0.39 is 10.8 Å². The molecule has 0 aromatic carbocycles. The van der Waals surface area contributed by atoms with Crippen molar-refractivity contribution < 1.29 is 8.78 Å². The molecule has 0 radical (unpaired) electrons. The van der Waals surface area contributed by atoms with Gasteiger partial charge in [0.25, 0.3) is 5.84 Å². The lowest BCUT2D eigenvalue weighted by Crippen LogP contribution is -2.20. The summed E-state index contributed by atoms with van der Waals surface area (Å²) in [6.07, 6.45) is 6.02. The number of aliphatic imine (C=N–C) groups is 1. The Hall–Kier alpha value is -2.04. The molecule has 4 heterocycles. The Morgan fingerprint density at radius 3 is 2.72 bits per heavy atom.